The van der Waals surface area contributed by atoms with Gasteiger partial charge in [-0.25, -0.2) is 4.89 Å². The molecule has 0 heterocycles. The Morgan fingerprint density at radius 3 is 1.81 bits per heavy atom. The van der Waals surface area contributed by atoms with E-state index in [9.17, 15) is 0 Å². The van der Waals surface area contributed by atoms with E-state index >= 15 is 0 Å². The Labute approximate surface area is 98.6 Å². The Bertz CT molecular complexity index is 282. The van der Waals surface area contributed by atoms with Crippen molar-refractivity contribution in [3.63, 3.8) is 0 Å². The van der Waals surface area contributed by atoms with Gasteiger partial charge in [0.2, 0.25) is 0 Å². The highest BCUT2D eigenvalue weighted by Crippen LogP contribution is 2.02. The largest absolute Gasteiger partial charge is 0.326 e. The Morgan fingerprint density at radius 2 is 1.56 bits per heavy atom. The van der Waals surface area contributed by atoms with Gasteiger partial charge >= 0.3 is 0 Å². The van der Waals surface area contributed by atoms with Crippen molar-refractivity contribution in [3.05, 3.63) is 35.4 Å². The Kier molecular flexibility index (Phi) is 6.92. The highest BCUT2D eigenvalue weighted by atomic mass is 17.1. The highest BCUT2D eigenvalue weighted by molar-refractivity contribution is 5.22. The SMILES string of the molecule is CC(C)(C)OO.NCc1cccc(CN)c1.[HH]. The quantitative estimate of drug-likeness (QED) is 0.535. The first kappa shape index (κ1) is 15.1. The van der Waals surface area contributed by atoms with Gasteiger partial charge < -0.3 is 11.5 Å². The maximum Gasteiger partial charge on any atom is 0.0949 e. The topological polar surface area (TPSA) is 81.5 Å². The van der Waals surface area contributed by atoms with Gasteiger partial charge in [0.05, 0.1) is 5.60 Å². The lowest BCUT2D eigenvalue weighted by atomic mass is 10.1. The fraction of sp³-hybridized carbons (Fsp3) is 0.500. The van der Waals surface area contributed by atoms with Crippen molar-refractivity contribution in [2.24, 2.45) is 11.5 Å². The summed E-state index contributed by atoms with van der Waals surface area (Å²) in [6.07, 6.45) is 0. The molecule has 0 unspecified atom stereocenters. The molecule has 4 nitrogen and oxygen atoms in total. The molecule has 0 fully saturated rings. The van der Waals surface area contributed by atoms with Crippen molar-refractivity contribution in [1.82, 2.24) is 0 Å². The lowest BCUT2D eigenvalue weighted by molar-refractivity contribution is -0.306. The summed E-state index contributed by atoms with van der Waals surface area (Å²) in [4.78, 5) is 3.94. The predicted molar refractivity (Wildman–Crippen MR) is 67.8 cm³/mol. The minimum Gasteiger partial charge on any atom is -0.326 e. The molecule has 1 rings (SSSR count). The maximum absolute atomic E-state index is 7.90. The molecule has 0 aliphatic heterocycles. The average molecular weight is 228 g/mol. The van der Waals surface area contributed by atoms with Gasteiger partial charge in [-0.1, -0.05) is 24.3 Å². The minimum atomic E-state index is -0.403. The van der Waals surface area contributed by atoms with Crippen LogP contribution >= 0.6 is 0 Å². The third-order valence-electron chi connectivity index (χ3n) is 1.74. The average Bonchev–Trinajstić information content (AvgIpc) is 2.29. The molecule has 0 aliphatic rings. The summed E-state index contributed by atoms with van der Waals surface area (Å²) in [6.45, 7) is 6.49. The molecule has 1 aromatic rings. The predicted octanol–water partition coefficient (Wildman–Crippen LogP) is 2.12. The van der Waals surface area contributed by atoms with E-state index in [0.717, 1.165) is 11.1 Å². The van der Waals surface area contributed by atoms with Crippen molar-refractivity contribution in [3.8, 4) is 0 Å². The number of nitrogens with two attached hydrogens (primary N) is 2. The molecule has 0 radical (unpaired) electrons. The summed E-state index contributed by atoms with van der Waals surface area (Å²) in [6, 6.07) is 8.00. The van der Waals surface area contributed by atoms with E-state index in [1.807, 2.05) is 24.3 Å². The van der Waals surface area contributed by atoms with E-state index in [1.165, 1.54) is 0 Å². The molecule has 0 spiro atoms. The minimum absolute atomic E-state index is 0. The fourth-order valence-corrected chi connectivity index (χ4v) is 0.884. The van der Waals surface area contributed by atoms with Crippen LogP contribution in [0.2, 0.25) is 0 Å². The summed E-state index contributed by atoms with van der Waals surface area (Å²) in [5.41, 5.74) is 12.7. The molecule has 0 aromatic heterocycles. The van der Waals surface area contributed by atoms with E-state index in [2.05, 4.69) is 4.89 Å². The molecule has 0 aliphatic carbocycles. The lowest BCUT2D eigenvalue weighted by Crippen LogP contribution is -2.15. The molecule has 1 aromatic carbocycles. The summed E-state index contributed by atoms with van der Waals surface area (Å²) >= 11 is 0. The van der Waals surface area contributed by atoms with E-state index in [1.54, 1.807) is 20.8 Å². The van der Waals surface area contributed by atoms with Gasteiger partial charge in [-0.15, -0.1) is 0 Å². The maximum atomic E-state index is 7.90. The summed E-state index contributed by atoms with van der Waals surface area (Å²) in [5, 5.41) is 7.90. The third kappa shape index (κ3) is 7.36. The molecule has 16 heavy (non-hydrogen) atoms. The molecule has 5 N–H and O–H groups in total. The lowest BCUT2D eigenvalue weighted by Gasteiger charge is -2.10. The zero-order valence-corrected chi connectivity index (χ0v) is 10.2. The van der Waals surface area contributed by atoms with Gasteiger partial charge in [-0.05, 0) is 31.9 Å². The van der Waals surface area contributed by atoms with E-state index in [-0.39, 0.29) is 1.43 Å². The second kappa shape index (κ2) is 7.35. The van der Waals surface area contributed by atoms with Crippen LogP contribution in [0.3, 0.4) is 0 Å². The van der Waals surface area contributed by atoms with Crippen molar-refractivity contribution in [1.29, 1.82) is 0 Å². The second-order valence-electron chi connectivity index (χ2n) is 4.43. The molecule has 0 saturated heterocycles. The molecular formula is C12H24N2O2. The van der Waals surface area contributed by atoms with Crippen molar-refractivity contribution >= 4 is 0 Å². The van der Waals surface area contributed by atoms with E-state index < -0.39 is 5.60 Å². The van der Waals surface area contributed by atoms with Crippen LogP contribution in [0.25, 0.3) is 0 Å². The Balaban J connectivity index is 0. The summed E-state index contributed by atoms with van der Waals surface area (Å²) < 4.78 is 0. The van der Waals surface area contributed by atoms with Gasteiger partial charge in [0.15, 0.2) is 0 Å². The van der Waals surface area contributed by atoms with Gasteiger partial charge in [0, 0.05) is 14.5 Å². The first-order valence-corrected chi connectivity index (χ1v) is 5.23. The van der Waals surface area contributed by atoms with Crippen LogP contribution in [0.4, 0.5) is 0 Å². The number of rotatable bonds is 2. The monoisotopic (exact) mass is 228 g/mol. The van der Waals surface area contributed by atoms with Crippen LogP contribution in [0.5, 0.6) is 0 Å². The summed E-state index contributed by atoms with van der Waals surface area (Å²) in [7, 11) is 0. The van der Waals surface area contributed by atoms with Gasteiger partial charge in [0.1, 0.15) is 0 Å². The fourth-order valence-electron chi connectivity index (χ4n) is 0.884. The van der Waals surface area contributed by atoms with Gasteiger partial charge in [0.25, 0.3) is 0 Å². The van der Waals surface area contributed by atoms with Crippen molar-refractivity contribution in [2.45, 2.75) is 39.5 Å². The van der Waals surface area contributed by atoms with Crippen LogP contribution < -0.4 is 11.5 Å². The molecular weight excluding hydrogens is 204 g/mol. The van der Waals surface area contributed by atoms with Crippen LogP contribution in [-0.4, -0.2) is 10.9 Å². The van der Waals surface area contributed by atoms with Crippen LogP contribution in [-0.2, 0) is 18.0 Å². The Hall–Kier alpha value is -0.940. The van der Waals surface area contributed by atoms with Crippen LogP contribution in [0.1, 0.15) is 33.3 Å². The van der Waals surface area contributed by atoms with Crippen LogP contribution in [0.15, 0.2) is 24.3 Å². The van der Waals surface area contributed by atoms with Gasteiger partial charge in [-0.2, -0.15) is 0 Å². The standard InChI is InChI=1S/C8H12N2.C4H10O2.H2/c9-5-7-2-1-3-8(4-7)6-10;1-4(2,3)6-5;/h1-4H,5-6,9-10H2;5H,1-3H3;1H. The highest BCUT2D eigenvalue weighted by Gasteiger charge is 2.06. The van der Waals surface area contributed by atoms with E-state index in [4.69, 9.17) is 16.7 Å². The van der Waals surface area contributed by atoms with Crippen molar-refractivity contribution in [2.75, 3.05) is 0 Å². The smallest absolute Gasteiger partial charge is 0.0949 e. The first-order valence-electron chi connectivity index (χ1n) is 5.23. The molecule has 0 amide bonds. The molecule has 0 atom stereocenters. The third-order valence-corrected chi connectivity index (χ3v) is 1.74. The molecule has 94 valence electrons. The van der Waals surface area contributed by atoms with Crippen molar-refractivity contribution < 1.29 is 11.6 Å². The summed E-state index contributed by atoms with van der Waals surface area (Å²) in [5.74, 6) is 0. The van der Waals surface area contributed by atoms with E-state index in [0.29, 0.717) is 13.1 Å². The molecule has 0 saturated carbocycles. The zero-order valence-electron chi connectivity index (χ0n) is 10.2. The van der Waals surface area contributed by atoms with Crippen LogP contribution in [0, 0.1) is 0 Å². The number of hydrogen-bond acceptors (Lipinski definition) is 4. The number of hydrogen-bond donors (Lipinski definition) is 3. The normalized spacial score (nSPS) is 10.6. The first-order chi connectivity index (χ1) is 7.42. The molecule has 4 heteroatoms. The second-order valence-corrected chi connectivity index (χ2v) is 4.43. The molecule has 0 bridgehead atoms. The Morgan fingerprint density at radius 1 is 1.19 bits per heavy atom. The number of benzene rings is 1. The van der Waals surface area contributed by atoms with Gasteiger partial charge in [-0.3, -0.25) is 5.26 Å². The zero-order chi connectivity index (χ0) is 12.6.